The van der Waals surface area contributed by atoms with E-state index in [2.05, 4.69) is 17.4 Å². The zero-order valence-corrected chi connectivity index (χ0v) is 20.3. The van der Waals surface area contributed by atoms with E-state index >= 15 is 0 Å². The normalized spacial score (nSPS) is 14.8. The molecular weight excluding hydrogens is 440 g/mol. The van der Waals surface area contributed by atoms with E-state index in [1.807, 2.05) is 49.4 Å². The third-order valence-electron chi connectivity index (χ3n) is 5.93. The first kappa shape index (κ1) is 24.7. The number of carbonyl (C=O) groups is 2. The second kappa shape index (κ2) is 12.9. The average molecular weight is 473 g/mol. The van der Waals surface area contributed by atoms with Crippen molar-refractivity contribution in [2.45, 2.75) is 69.8 Å². The minimum atomic E-state index is -0.460. The van der Waals surface area contributed by atoms with E-state index in [-0.39, 0.29) is 17.9 Å². The summed E-state index contributed by atoms with van der Waals surface area (Å²) < 4.78 is 0. The SMILES string of the molecule is CC[C@H](C(=O)NC1CCCC1)N(Cc1ccc(Cl)cc1)C(=O)CCSCc1ccccc1. The monoisotopic (exact) mass is 472 g/mol. The number of nitrogens with zero attached hydrogens (tertiary/aromatic N) is 1. The fraction of sp³-hybridized carbons (Fsp3) is 0.462. The summed E-state index contributed by atoms with van der Waals surface area (Å²) in [5, 5.41) is 3.85. The van der Waals surface area contributed by atoms with Crippen LogP contribution in [0.3, 0.4) is 0 Å². The summed E-state index contributed by atoms with van der Waals surface area (Å²) in [6, 6.07) is 17.6. The Morgan fingerprint density at radius 1 is 1.06 bits per heavy atom. The van der Waals surface area contributed by atoms with Gasteiger partial charge in [0.05, 0.1) is 0 Å². The van der Waals surface area contributed by atoms with Crippen LogP contribution in [0.1, 0.15) is 56.6 Å². The molecule has 2 aromatic carbocycles. The molecule has 6 heteroatoms. The predicted octanol–water partition coefficient (Wildman–Crippen LogP) is 5.83. The summed E-state index contributed by atoms with van der Waals surface area (Å²) in [6.07, 6.45) is 5.39. The lowest BCUT2D eigenvalue weighted by atomic mass is 10.1. The quantitative estimate of drug-likeness (QED) is 0.418. The highest BCUT2D eigenvalue weighted by molar-refractivity contribution is 7.98. The third kappa shape index (κ3) is 7.56. The van der Waals surface area contributed by atoms with Crippen molar-refractivity contribution in [1.82, 2.24) is 10.2 Å². The molecule has 0 radical (unpaired) electrons. The maximum absolute atomic E-state index is 13.3. The number of hydrogen-bond acceptors (Lipinski definition) is 3. The first-order chi connectivity index (χ1) is 15.6. The largest absolute Gasteiger partial charge is 0.352 e. The van der Waals surface area contributed by atoms with Crippen LogP contribution in [0.25, 0.3) is 0 Å². The van der Waals surface area contributed by atoms with Crippen molar-refractivity contribution in [3.8, 4) is 0 Å². The van der Waals surface area contributed by atoms with Gasteiger partial charge in [-0.3, -0.25) is 9.59 Å². The maximum Gasteiger partial charge on any atom is 0.243 e. The van der Waals surface area contributed by atoms with Crippen LogP contribution in [-0.2, 0) is 21.9 Å². The fourth-order valence-electron chi connectivity index (χ4n) is 4.14. The van der Waals surface area contributed by atoms with Crippen LogP contribution in [-0.4, -0.2) is 34.6 Å². The zero-order chi connectivity index (χ0) is 22.8. The van der Waals surface area contributed by atoms with Gasteiger partial charge in [0.2, 0.25) is 11.8 Å². The summed E-state index contributed by atoms with van der Waals surface area (Å²) >= 11 is 7.78. The first-order valence-corrected chi connectivity index (χ1v) is 13.1. The Hall–Kier alpha value is -1.98. The molecule has 0 heterocycles. The van der Waals surface area contributed by atoms with E-state index < -0.39 is 6.04 Å². The van der Waals surface area contributed by atoms with Gasteiger partial charge in [0.25, 0.3) is 0 Å². The van der Waals surface area contributed by atoms with Crippen molar-refractivity contribution in [3.63, 3.8) is 0 Å². The van der Waals surface area contributed by atoms with Crippen LogP contribution in [0.5, 0.6) is 0 Å². The van der Waals surface area contributed by atoms with Gasteiger partial charge in [-0.1, -0.05) is 73.8 Å². The van der Waals surface area contributed by atoms with Crippen LogP contribution in [0.4, 0.5) is 0 Å². The van der Waals surface area contributed by atoms with Crippen molar-refractivity contribution in [3.05, 3.63) is 70.7 Å². The van der Waals surface area contributed by atoms with E-state index in [0.29, 0.717) is 24.4 Å². The lowest BCUT2D eigenvalue weighted by Crippen LogP contribution is -2.51. The molecule has 1 aliphatic carbocycles. The summed E-state index contributed by atoms with van der Waals surface area (Å²) in [4.78, 5) is 28.1. The van der Waals surface area contributed by atoms with Crippen LogP contribution in [0.15, 0.2) is 54.6 Å². The van der Waals surface area contributed by atoms with Crippen molar-refractivity contribution < 1.29 is 9.59 Å². The molecule has 0 spiro atoms. The van der Waals surface area contributed by atoms with Crippen molar-refractivity contribution in [1.29, 1.82) is 0 Å². The molecule has 172 valence electrons. The Bertz CT molecular complexity index is 854. The van der Waals surface area contributed by atoms with Gasteiger partial charge in [0.15, 0.2) is 0 Å². The van der Waals surface area contributed by atoms with Crippen molar-refractivity contribution >= 4 is 35.2 Å². The number of amides is 2. The highest BCUT2D eigenvalue weighted by Crippen LogP contribution is 2.21. The number of halogens is 1. The highest BCUT2D eigenvalue weighted by Gasteiger charge is 2.30. The summed E-state index contributed by atoms with van der Waals surface area (Å²) in [5.41, 5.74) is 2.23. The molecule has 32 heavy (non-hydrogen) atoms. The van der Waals surface area contributed by atoms with Gasteiger partial charge in [-0.2, -0.15) is 11.8 Å². The smallest absolute Gasteiger partial charge is 0.243 e. The summed E-state index contributed by atoms with van der Waals surface area (Å²) in [7, 11) is 0. The molecule has 0 bridgehead atoms. The Morgan fingerprint density at radius 3 is 2.41 bits per heavy atom. The second-order valence-corrected chi connectivity index (χ2v) is 9.89. The number of rotatable bonds is 11. The maximum atomic E-state index is 13.3. The Labute approximate surface area is 201 Å². The van der Waals surface area contributed by atoms with Gasteiger partial charge >= 0.3 is 0 Å². The standard InChI is InChI=1S/C26H33ClN2O2S/c1-2-24(26(31)28-23-10-6-7-11-23)29(18-20-12-14-22(27)15-13-20)25(30)16-17-32-19-21-8-4-3-5-9-21/h3-5,8-9,12-15,23-24H,2,6-7,10-11,16-19H2,1H3,(H,28,31)/t24-/m1/s1. The minimum Gasteiger partial charge on any atom is -0.352 e. The van der Waals surface area contributed by atoms with Gasteiger partial charge < -0.3 is 10.2 Å². The lowest BCUT2D eigenvalue weighted by molar-refractivity contribution is -0.141. The van der Waals surface area contributed by atoms with Gasteiger partial charge in [0, 0.05) is 35.5 Å². The molecule has 0 saturated heterocycles. The molecule has 0 unspecified atom stereocenters. The number of nitrogens with one attached hydrogen (secondary N) is 1. The number of carbonyl (C=O) groups excluding carboxylic acids is 2. The Morgan fingerprint density at radius 2 is 1.75 bits per heavy atom. The third-order valence-corrected chi connectivity index (χ3v) is 7.21. The molecule has 0 aromatic heterocycles. The van der Waals surface area contributed by atoms with E-state index in [4.69, 9.17) is 11.6 Å². The minimum absolute atomic E-state index is 0.0222. The fourth-order valence-corrected chi connectivity index (χ4v) is 5.16. The molecule has 2 aromatic rings. The van der Waals surface area contributed by atoms with E-state index in [1.165, 1.54) is 5.56 Å². The van der Waals surface area contributed by atoms with Crippen LogP contribution in [0, 0.1) is 0 Å². The average Bonchev–Trinajstić information content (AvgIpc) is 3.31. The number of hydrogen-bond donors (Lipinski definition) is 1. The number of benzene rings is 2. The molecule has 0 aliphatic heterocycles. The van der Waals surface area contributed by atoms with Gasteiger partial charge in [0.1, 0.15) is 6.04 Å². The second-order valence-electron chi connectivity index (χ2n) is 8.35. The Balaban J connectivity index is 1.64. The molecule has 1 saturated carbocycles. The van der Waals surface area contributed by atoms with Crippen LogP contribution >= 0.6 is 23.4 Å². The molecule has 1 fully saturated rings. The van der Waals surface area contributed by atoms with Crippen molar-refractivity contribution in [2.24, 2.45) is 0 Å². The Kier molecular flexibility index (Phi) is 9.94. The first-order valence-electron chi connectivity index (χ1n) is 11.5. The van der Waals surface area contributed by atoms with E-state index in [0.717, 1.165) is 42.8 Å². The molecule has 1 aliphatic rings. The van der Waals surface area contributed by atoms with Crippen molar-refractivity contribution in [2.75, 3.05) is 5.75 Å². The zero-order valence-electron chi connectivity index (χ0n) is 18.8. The van der Waals surface area contributed by atoms with Gasteiger partial charge in [-0.05, 0) is 42.5 Å². The highest BCUT2D eigenvalue weighted by atomic mass is 35.5. The molecule has 3 rings (SSSR count). The predicted molar refractivity (Wildman–Crippen MR) is 134 cm³/mol. The van der Waals surface area contributed by atoms with Gasteiger partial charge in [-0.15, -0.1) is 0 Å². The van der Waals surface area contributed by atoms with Crippen LogP contribution < -0.4 is 5.32 Å². The lowest BCUT2D eigenvalue weighted by Gasteiger charge is -2.31. The van der Waals surface area contributed by atoms with Crippen LogP contribution in [0.2, 0.25) is 5.02 Å². The van der Waals surface area contributed by atoms with E-state index in [1.54, 1.807) is 16.7 Å². The molecule has 1 atom stereocenters. The molecular formula is C26H33ClN2O2S. The molecule has 4 nitrogen and oxygen atoms in total. The summed E-state index contributed by atoms with van der Waals surface area (Å²) in [6.45, 7) is 2.39. The number of thioether (sulfide) groups is 1. The summed E-state index contributed by atoms with van der Waals surface area (Å²) in [5.74, 6) is 1.60. The molecule has 1 N–H and O–H groups in total. The van der Waals surface area contributed by atoms with E-state index in [9.17, 15) is 9.59 Å². The molecule has 2 amide bonds. The topological polar surface area (TPSA) is 49.4 Å². The van der Waals surface area contributed by atoms with Gasteiger partial charge in [-0.25, -0.2) is 0 Å².